The molecule has 1 aliphatic rings. The molecule has 3 aromatic heterocycles. The number of nitrogens with zero attached hydrogens (tertiary/aromatic N) is 6. The van der Waals surface area contributed by atoms with Crippen molar-refractivity contribution in [3.8, 4) is 22.8 Å². The van der Waals surface area contributed by atoms with E-state index < -0.39 is 0 Å². The lowest BCUT2D eigenvalue weighted by Gasteiger charge is -2.26. The van der Waals surface area contributed by atoms with Crippen molar-refractivity contribution in [1.82, 2.24) is 34.6 Å². The van der Waals surface area contributed by atoms with E-state index in [1.54, 1.807) is 30.0 Å². The van der Waals surface area contributed by atoms with E-state index in [2.05, 4.69) is 58.6 Å². The average molecular weight is 737 g/mol. The SMILES string of the molecule is CCC(C)(C)c1cc(NC(=O)NCc2ccccc2Sc2ccc3nnc(-c4cc(Cl)ccc4O)n3c2)n(-c2cccc(CN3CCOCC3)c2)n1. The van der Waals surface area contributed by atoms with Crippen LogP contribution in [0.25, 0.3) is 22.7 Å². The Kier molecular flexibility index (Phi) is 10.5. The number of pyridine rings is 1. The number of fused-ring (bicyclic) bond motifs is 1. The first-order chi connectivity index (χ1) is 25.2. The van der Waals surface area contributed by atoms with Crippen LogP contribution in [0.15, 0.2) is 101 Å². The van der Waals surface area contributed by atoms with Gasteiger partial charge in [0, 0.05) is 58.7 Å². The van der Waals surface area contributed by atoms with E-state index in [0.29, 0.717) is 34.4 Å². The Hall–Kier alpha value is -4.88. The Labute approximate surface area is 312 Å². The lowest BCUT2D eigenvalue weighted by molar-refractivity contribution is 0.0342. The van der Waals surface area contributed by atoms with Gasteiger partial charge in [-0.05, 0) is 66.1 Å². The van der Waals surface area contributed by atoms with E-state index in [0.717, 1.165) is 66.0 Å². The molecule has 4 heterocycles. The van der Waals surface area contributed by atoms with Crippen LogP contribution in [0.5, 0.6) is 5.75 Å². The number of anilines is 1. The average Bonchev–Trinajstić information content (AvgIpc) is 3.78. The molecule has 11 nitrogen and oxygen atoms in total. The van der Waals surface area contributed by atoms with Crippen molar-refractivity contribution >= 4 is 40.9 Å². The third-order valence-corrected chi connectivity index (χ3v) is 10.7. The summed E-state index contributed by atoms with van der Waals surface area (Å²) in [4.78, 5) is 17.8. The molecule has 1 aliphatic heterocycles. The number of aromatic hydroxyl groups is 1. The fourth-order valence-corrected chi connectivity index (χ4v) is 7.14. The van der Waals surface area contributed by atoms with Crippen LogP contribution in [0.3, 0.4) is 0 Å². The maximum atomic E-state index is 13.5. The number of aromatic nitrogens is 5. The molecule has 2 amide bonds. The number of phenols is 1. The highest BCUT2D eigenvalue weighted by molar-refractivity contribution is 7.99. The first-order valence-electron chi connectivity index (χ1n) is 17.3. The van der Waals surface area contributed by atoms with Crippen molar-refractivity contribution in [1.29, 1.82) is 0 Å². The van der Waals surface area contributed by atoms with Crippen molar-refractivity contribution < 1.29 is 14.6 Å². The van der Waals surface area contributed by atoms with Gasteiger partial charge in [-0.2, -0.15) is 5.10 Å². The van der Waals surface area contributed by atoms with Gasteiger partial charge < -0.3 is 15.2 Å². The van der Waals surface area contributed by atoms with Crippen LogP contribution in [0, 0.1) is 0 Å². The Morgan fingerprint density at radius 3 is 2.65 bits per heavy atom. The summed E-state index contributed by atoms with van der Waals surface area (Å²) in [5, 5.41) is 30.7. The minimum atomic E-state index is -0.330. The summed E-state index contributed by atoms with van der Waals surface area (Å²) < 4.78 is 9.19. The number of carbonyl (C=O) groups excluding carboxylic acids is 1. The second-order valence-electron chi connectivity index (χ2n) is 13.4. The molecule has 268 valence electrons. The van der Waals surface area contributed by atoms with Gasteiger partial charge in [-0.3, -0.25) is 14.6 Å². The minimum absolute atomic E-state index is 0.0668. The number of amides is 2. The summed E-state index contributed by atoms with van der Waals surface area (Å²) in [6, 6.07) is 26.6. The topological polar surface area (TPSA) is 122 Å². The standard InChI is InChI=1S/C39H41ClN8O3S/c1-4-39(2,3)34-22-36(48(45-34)29-10-7-8-26(20-29)24-46-16-18-51-19-17-46)42-38(50)41-23-27-9-5-6-11-33(27)52-30-13-15-35-43-44-37(47(35)25-30)31-21-28(40)12-14-32(31)49/h5-15,20-22,25,49H,4,16-19,23-24H2,1-3H3,(H2,41,42,50). The molecule has 0 aliphatic carbocycles. The van der Waals surface area contributed by atoms with Crippen molar-refractivity contribution in [2.45, 2.75) is 55.5 Å². The summed E-state index contributed by atoms with van der Waals surface area (Å²) >= 11 is 7.78. The first kappa shape index (κ1) is 35.5. The third-order valence-electron chi connectivity index (χ3n) is 9.41. The van der Waals surface area contributed by atoms with Crippen LogP contribution >= 0.6 is 23.4 Å². The van der Waals surface area contributed by atoms with Crippen LogP contribution in [0.2, 0.25) is 5.02 Å². The van der Waals surface area contributed by atoms with Gasteiger partial charge in [0.15, 0.2) is 11.5 Å². The lowest BCUT2D eigenvalue weighted by atomic mass is 9.87. The number of nitrogens with one attached hydrogen (secondary N) is 2. The van der Waals surface area contributed by atoms with Crippen molar-refractivity contribution in [2.75, 3.05) is 31.6 Å². The van der Waals surface area contributed by atoms with Crippen LogP contribution in [0.4, 0.5) is 10.6 Å². The second-order valence-corrected chi connectivity index (χ2v) is 15.0. The second kappa shape index (κ2) is 15.4. The summed E-state index contributed by atoms with van der Waals surface area (Å²) in [7, 11) is 0. The van der Waals surface area contributed by atoms with Gasteiger partial charge in [0.25, 0.3) is 0 Å². The quantitative estimate of drug-likeness (QED) is 0.123. The Bertz CT molecular complexity index is 2210. The van der Waals surface area contributed by atoms with Crippen LogP contribution in [0.1, 0.15) is 44.0 Å². The smallest absolute Gasteiger partial charge is 0.320 e. The van der Waals surface area contributed by atoms with Crippen molar-refractivity contribution in [2.24, 2.45) is 0 Å². The highest BCUT2D eigenvalue weighted by Gasteiger charge is 2.25. The predicted molar refractivity (Wildman–Crippen MR) is 204 cm³/mol. The predicted octanol–water partition coefficient (Wildman–Crippen LogP) is 7.93. The molecule has 0 saturated carbocycles. The summed E-state index contributed by atoms with van der Waals surface area (Å²) in [5.41, 5.74) is 4.88. The molecule has 52 heavy (non-hydrogen) atoms. The number of morpholine rings is 1. The Balaban J connectivity index is 1.08. The molecule has 6 aromatic rings. The minimum Gasteiger partial charge on any atom is -0.507 e. The Morgan fingerprint density at radius 2 is 1.83 bits per heavy atom. The normalized spacial score (nSPS) is 13.8. The third kappa shape index (κ3) is 7.95. The highest BCUT2D eigenvalue weighted by Crippen LogP contribution is 2.35. The number of ether oxygens (including phenoxy) is 1. The number of halogens is 1. The van der Waals surface area contributed by atoms with Gasteiger partial charge in [0.05, 0.1) is 30.2 Å². The molecular weight excluding hydrogens is 696 g/mol. The van der Waals surface area contributed by atoms with E-state index in [1.807, 2.05) is 69.9 Å². The highest BCUT2D eigenvalue weighted by atomic mass is 35.5. The molecule has 13 heteroatoms. The number of rotatable bonds is 11. The molecule has 0 bridgehead atoms. The zero-order chi connectivity index (χ0) is 36.2. The zero-order valence-corrected chi connectivity index (χ0v) is 30.9. The lowest BCUT2D eigenvalue weighted by Crippen LogP contribution is -2.35. The molecule has 1 saturated heterocycles. The first-order valence-corrected chi connectivity index (χ1v) is 18.5. The molecule has 0 radical (unpaired) electrons. The monoisotopic (exact) mass is 736 g/mol. The molecule has 0 unspecified atom stereocenters. The van der Waals surface area contributed by atoms with Gasteiger partial charge in [-0.15, -0.1) is 10.2 Å². The van der Waals surface area contributed by atoms with Gasteiger partial charge >= 0.3 is 6.03 Å². The summed E-state index contributed by atoms with van der Waals surface area (Å²) in [6.45, 7) is 10.9. The molecule has 0 atom stereocenters. The van der Waals surface area contributed by atoms with E-state index >= 15 is 0 Å². The molecule has 3 N–H and O–H groups in total. The van der Waals surface area contributed by atoms with Crippen molar-refractivity contribution in [3.63, 3.8) is 0 Å². The summed E-state index contributed by atoms with van der Waals surface area (Å²) in [6.07, 6.45) is 2.83. The van der Waals surface area contributed by atoms with Crippen LogP contribution in [-0.2, 0) is 23.2 Å². The molecular formula is C39H41ClN8O3S. The molecule has 7 rings (SSSR count). The molecule has 3 aromatic carbocycles. The molecule has 1 fully saturated rings. The van der Waals surface area contributed by atoms with Gasteiger partial charge in [0.2, 0.25) is 0 Å². The van der Waals surface area contributed by atoms with Gasteiger partial charge in [-0.1, -0.05) is 74.5 Å². The number of hydrogen-bond donors (Lipinski definition) is 3. The number of carbonyl (C=O) groups is 1. The van der Waals surface area contributed by atoms with Crippen LogP contribution < -0.4 is 10.6 Å². The van der Waals surface area contributed by atoms with E-state index in [4.69, 9.17) is 21.4 Å². The number of phenolic OH excluding ortho intramolecular Hbond substituents is 1. The largest absolute Gasteiger partial charge is 0.507 e. The number of benzene rings is 3. The maximum Gasteiger partial charge on any atom is 0.320 e. The van der Waals surface area contributed by atoms with Gasteiger partial charge in [-0.25, -0.2) is 9.48 Å². The van der Waals surface area contributed by atoms with E-state index in [1.165, 1.54) is 5.56 Å². The number of urea groups is 1. The Morgan fingerprint density at radius 1 is 1.00 bits per heavy atom. The van der Waals surface area contributed by atoms with Crippen molar-refractivity contribution in [3.05, 3.63) is 113 Å². The molecule has 0 spiro atoms. The van der Waals surface area contributed by atoms with Crippen LogP contribution in [-0.4, -0.2) is 66.7 Å². The van der Waals surface area contributed by atoms with E-state index in [9.17, 15) is 9.90 Å². The summed E-state index contributed by atoms with van der Waals surface area (Å²) in [5.74, 6) is 1.15. The number of hydrogen-bond acceptors (Lipinski definition) is 8. The fourth-order valence-electron chi connectivity index (χ4n) is 6.00. The fraction of sp³-hybridized carbons (Fsp3) is 0.282. The maximum absolute atomic E-state index is 13.5. The van der Waals surface area contributed by atoms with E-state index in [-0.39, 0.29) is 17.2 Å². The zero-order valence-electron chi connectivity index (χ0n) is 29.3. The van der Waals surface area contributed by atoms with Gasteiger partial charge in [0.1, 0.15) is 11.6 Å².